The molecule has 1 aromatic carbocycles. The number of anilines is 2. The zero-order chi connectivity index (χ0) is 19.3. The van der Waals surface area contributed by atoms with E-state index in [2.05, 4.69) is 25.4 Å². The summed E-state index contributed by atoms with van der Waals surface area (Å²) in [5.41, 5.74) is 0.876. The number of benzene rings is 1. The van der Waals surface area contributed by atoms with E-state index in [-0.39, 0.29) is 11.8 Å². The lowest BCUT2D eigenvalue weighted by Crippen LogP contribution is -2.41. The van der Waals surface area contributed by atoms with Gasteiger partial charge in [-0.3, -0.25) is 9.36 Å². The zero-order valence-corrected chi connectivity index (χ0v) is 16.5. The molecule has 3 heterocycles. The molecule has 1 amide bonds. The number of amides is 1. The first kappa shape index (κ1) is 18.5. The molecule has 144 valence electrons. The van der Waals surface area contributed by atoms with Crippen LogP contribution in [-0.2, 0) is 4.79 Å². The van der Waals surface area contributed by atoms with Crippen molar-refractivity contribution in [2.45, 2.75) is 17.7 Å². The summed E-state index contributed by atoms with van der Waals surface area (Å²) in [7, 11) is 0. The van der Waals surface area contributed by atoms with E-state index in [1.54, 1.807) is 24.3 Å². The third-order valence-corrected chi connectivity index (χ3v) is 5.68. The van der Waals surface area contributed by atoms with Gasteiger partial charge in [0, 0.05) is 30.4 Å². The van der Waals surface area contributed by atoms with E-state index in [0.717, 1.165) is 41.6 Å². The number of carbonyl (C=O) groups excluding carboxylic acids is 1. The highest BCUT2D eigenvalue weighted by Crippen LogP contribution is 2.27. The normalized spacial score (nSPS) is 16.8. The van der Waals surface area contributed by atoms with Crippen LogP contribution in [-0.4, -0.2) is 45.0 Å². The Morgan fingerprint density at radius 1 is 1.18 bits per heavy atom. The minimum Gasteiger partial charge on any atom is -0.354 e. The maximum absolute atomic E-state index is 12.8. The number of rotatable bonds is 5. The Labute approximate surface area is 168 Å². The third-order valence-electron chi connectivity index (χ3n) is 4.89. The van der Waals surface area contributed by atoms with Gasteiger partial charge in [-0.15, -0.1) is 22.0 Å². The van der Waals surface area contributed by atoms with Crippen LogP contribution in [0, 0.1) is 5.92 Å². The maximum atomic E-state index is 12.8. The maximum Gasteiger partial charge on any atom is 0.229 e. The van der Waals surface area contributed by atoms with Crippen LogP contribution in [0.15, 0.2) is 60.0 Å². The number of aromatic nitrogens is 4. The summed E-state index contributed by atoms with van der Waals surface area (Å²) in [4.78, 5) is 20.1. The quantitative estimate of drug-likeness (QED) is 0.670. The van der Waals surface area contributed by atoms with Crippen molar-refractivity contribution >= 4 is 29.2 Å². The van der Waals surface area contributed by atoms with E-state index >= 15 is 0 Å². The molecule has 7 nitrogen and oxygen atoms in total. The molecule has 1 N–H and O–H groups in total. The summed E-state index contributed by atoms with van der Waals surface area (Å²) >= 11 is 1.63. The smallest absolute Gasteiger partial charge is 0.229 e. The summed E-state index contributed by atoms with van der Waals surface area (Å²) < 4.78 is 1.81. The standard InChI is InChI=1S/C20H22N6OS/c1-28-17-7-3-2-6-16(17)22-20(27)15-5-4-11-25(13-15)18-8-9-19(24-23-18)26-12-10-21-14-26/h2-3,6-10,12,14-15H,4-5,11,13H2,1H3,(H,22,27)/t15-/m0/s1. The second kappa shape index (κ2) is 8.43. The number of thioether (sulfide) groups is 1. The van der Waals surface area contributed by atoms with Crippen LogP contribution < -0.4 is 10.2 Å². The van der Waals surface area contributed by atoms with Gasteiger partial charge < -0.3 is 10.2 Å². The van der Waals surface area contributed by atoms with Gasteiger partial charge in [-0.1, -0.05) is 12.1 Å². The van der Waals surface area contributed by atoms with Crippen molar-refractivity contribution in [3.63, 3.8) is 0 Å². The van der Waals surface area contributed by atoms with Gasteiger partial charge in [0.1, 0.15) is 6.33 Å². The Hall–Kier alpha value is -2.87. The van der Waals surface area contributed by atoms with Gasteiger partial charge in [0.2, 0.25) is 5.91 Å². The number of piperidine rings is 1. The number of hydrogen-bond acceptors (Lipinski definition) is 6. The number of nitrogens with zero attached hydrogens (tertiary/aromatic N) is 5. The zero-order valence-electron chi connectivity index (χ0n) is 15.7. The van der Waals surface area contributed by atoms with E-state index in [1.165, 1.54) is 0 Å². The highest BCUT2D eigenvalue weighted by atomic mass is 32.2. The van der Waals surface area contributed by atoms with Crippen molar-refractivity contribution in [1.29, 1.82) is 0 Å². The average Bonchev–Trinajstić information content (AvgIpc) is 3.29. The largest absolute Gasteiger partial charge is 0.354 e. The first-order valence-electron chi connectivity index (χ1n) is 9.25. The van der Waals surface area contributed by atoms with E-state index < -0.39 is 0 Å². The first-order chi connectivity index (χ1) is 13.7. The SMILES string of the molecule is CSc1ccccc1NC(=O)[C@H]1CCCN(c2ccc(-n3ccnc3)nn2)C1. The van der Waals surface area contributed by atoms with Crippen LogP contribution in [0.3, 0.4) is 0 Å². The van der Waals surface area contributed by atoms with Crippen molar-refractivity contribution in [3.8, 4) is 5.82 Å². The Morgan fingerprint density at radius 3 is 2.75 bits per heavy atom. The lowest BCUT2D eigenvalue weighted by atomic mass is 9.97. The number of para-hydroxylation sites is 1. The number of imidazole rings is 1. The molecular weight excluding hydrogens is 372 g/mol. The van der Waals surface area contributed by atoms with Crippen LogP contribution in [0.4, 0.5) is 11.5 Å². The van der Waals surface area contributed by atoms with Gasteiger partial charge in [0.15, 0.2) is 11.6 Å². The highest BCUT2D eigenvalue weighted by molar-refractivity contribution is 7.98. The molecule has 0 unspecified atom stereocenters. The molecule has 1 saturated heterocycles. The molecule has 1 atom stereocenters. The molecule has 0 bridgehead atoms. The Balaban J connectivity index is 1.43. The van der Waals surface area contributed by atoms with E-state index in [1.807, 2.05) is 53.4 Å². The summed E-state index contributed by atoms with van der Waals surface area (Å²) in [6.45, 7) is 1.52. The molecule has 28 heavy (non-hydrogen) atoms. The number of hydrogen-bond donors (Lipinski definition) is 1. The highest BCUT2D eigenvalue weighted by Gasteiger charge is 2.27. The molecule has 0 aliphatic carbocycles. The molecule has 0 saturated carbocycles. The first-order valence-corrected chi connectivity index (χ1v) is 10.5. The van der Waals surface area contributed by atoms with Crippen molar-refractivity contribution in [2.24, 2.45) is 5.92 Å². The topological polar surface area (TPSA) is 75.9 Å². The van der Waals surface area contributed by atoms with Gasteiger partial charge in [-0.2, -0.15) is 0 Å². The van der Waals surface area contributed by atoms with Crippen LogP contribution in [0.2, 0.25) is 0 Å². The molecule has 2 aromatic heterocycles. The molecular formula is C20H22N6OS. The van der Waals surface area contributed by atoms with Crippen molar-refractivity contribution in [3.05, 3.63) is 55.1 Å². The fourth-order valence-corrected chi connectivity index (χ4v) is 3.95. The summed E-state index contributed by atoms with van der Waals surface area (Å²) in [5, 5.41) is 11.7. The number of carbonyl (C=O) groups is 1. The molecule has 1 aliphatic heterocycles. The predicted molar refractivity (Wildman–Crippen MR) is 111 cm³/mol. The van der Waals surface area contributed by atoms with Gasteiger partial charge in [0.25, 0.3) is 0 Å². The van der Waals surface area contributed by atoms with Gasteiger partial charge in [-0.25, -0.2) is 4.98 Å². The van der Waals surface area contributed by atoms with Crippen molar-refractivity contribution in [2.75, 3.05) is 29.6 Å². The monoisotopic (exact) mass is 394 g/mol. The third kappa shape index (κ3) is 4.01. The van der Waals surface area contributed by atoms with Gasteiger partial charge in [-0.05, 0) is 43.4 Å². The molecule has 1 fully saturated rings. The molecule has 0 radical (unpaired) electrons. The van der Waals surface area contributed by atoms with Crippen LogP contribution in [0.1, 0.15) is 12.8 Å². The summed E-state index contributed by atoms with van der Waals surface area (Å²) in [6.07, 6.45) is 9.07. The molecule has 3 aromatic rings. The lowest BCUT2D eigenvalue weighted by molar-refractivity contribution is -0.120. The summed E-state index contributed by atoms with van der Waals surface area (Å²) in [6, 6.07) is 11.8. The lowest BCUT2D eigenvalue weighted by Gasteiger charge is -2.32. The average molecular weight is 395 g/mol. The second-order valence-corrected chi connectivity index (χ2v) is 7.54. The minimum absolute atomic E-state index is 0.0641. The van der Waals surface area contributed by atoms with Crippen LogP contribution >= 0.6 is 11.8 Å². The van der Waals surface area contributed by atoms with Crippen molar-refractivity contribution < 1.29 is 4.79 Å². The summed E-state index contributed by atoms with van der Waals surface area (Å²) in [5.74, 6) is 1.51. The van der Waals surface area contributed by atoms with Gasteiger partial charge >= 0.3 is 0 Å². The van der Waals surface area contributed by atoms with E-state index in [0.29, 0.717) is 6.54 Å². The van der Waals surface area contributed by atoms with Crippen LogP contribution in [0.5, 0.6) is 0 Å². The van der Waals surface area contributed by atoms with E-state index in [4.69, 9.17) is 0 Å². The fourth-order valence-electron chi connectivity index (χ4n) is 3.40. The van der Waals surface area contributed by atoms with Crippen LogP contribution in [0.25, 0.3) is 5.82 Å². The molecule has 0 spiro atoms. The minimum atomic E-state index is -0.0706. The van der Waals surface area contributed by atoms with E-state index in [9.17, 15) is 4.79 Å². The molecule has 8 heteroatoms. The molecule has 4 rings (SSSR count). The number of nitrogens with one attached hydrogen (secondary N) is 1. The molecule has 1 aliphatic rings. The fraction of sp³-hybridized carbons (Fsp3) is 0.300. The van der Waals surface area contributed by atoms with Crippen molar-refractivity contribution in [1.82, 2.24) is 19.7 Å². The van der Waals surface area contributed by atoms with Gasteiger partial charge in [0.05, 0.1) is 11.6 Å². The Morgan fingerprint density at radius 2 is 2.00 bits per heavy atom. The predicted octanol–water partition coefficient (Wildman–Crippen LogP) is 3.24. The Kier molecular flexibility index (Phi) is 5.57. The Bertz CT molecular complexity index is 928. The second-order valence-electron chi connectivity index (χ2n) is 6.69.